The molecule has 0 aliphatic carbocycles. The van der Waals surface area contributed by atoms with E-state index in [9.17, 15) is 0 Å². The average Bonchev–Trinajstić information content (AvgIpc) is 2.02. The van der Waals surface area contributed by atoms with E-state index in [4.69, 9.17) is 0 Å². The Hall–Kier alpha value is -0.0400. The highest BCUT2D eigenvalue weighted by Gasteiger charge is 2.40. The number of hydrogen-bond donors (Lipinski definition) is 0. The lowest BCUT2D eigenvalue weighted by Gasteiger charge is -2.48. The average molecular weight is 197 g/mol. The van der Waals surface area contributed by atoms with Crippen molar-refractivity contribution in [2.75, 3.05) is 20.1 Å². The lowest BCUT2D eigenvalue weighted by molar-refractivity contribution is 0.0129. The molecule has 1 saturated heterocycles. The summed E-state index contributed by atoms with van der Waals surface area (Å²) >= 11 is 0. The quantitative estimate of drug-likeness (QED) is 0.623. The summed E-state index contributed by atoms with van der Waals surface area (Å²) in [5.41, 5.74) is 0.859. The molecule has 1 rings (SSSR count). The van der Waals surface area contributed by atoms with Crippen molar-refractivity contribution >= 4 is 0 Å². The van der Waals surface area contributed by atoms with E-state index in [0.717, 1.165) is 5.92 Å². The second-order valence-corrected chi connectivity index (χ2v) is 6.57. The first kappa shape index (κ1) is 12.0. The molecule has 0 saturated carbocycles. The minimum atomic E-state index is 0.413. The van der Waals surface area contributed by atoms with Crippen LogP contribution in [0.15, 0.2) is 0 Å². The second-order valence-electron chi connectivity index (χ2n) is 6.57. The van der Waals surface area contributed by atoms with Crippen molar-refractivity contribution in [3.05, 3.63) is 0 Å². The fourth-order valence-corrected chi connectivity index (χ4v) is 2.37. The van der Waals surface area contributed by atoms with Crippen LogP contribution >= 0.6 is 0 Å². The molecule has 0 bridgehead atoms. The van der Waals surface area contributed by atoms with Gasteiger partial charge in [-0.25, -0.2) is 0 Å². The smallest absolute Gasteiger partial charge is 0.00119 e. The Morgan fingerprint density at radius 3 is 2.07 bits per heavy atom. The monoisotopic (exact) mass is 197 g/mol. The van der Waals surface area contributed by atoms with Crippen molar-refractivity contribution < 1.29 is 0 Å². The summed E-state index contributed by atoms with van der Waals surface area (Å²) in [6.07, 6.45) is 2.79. The molecule has 1 aliphatic rings. The van der Waals surface area contributed by atoms with Crippen molar-refractivity contribution in [3.8, 4) is 0 Å². The molecular formula is C13H27N. The van der Waals surface area contributed by atoms with Crippen LogP contribution in [0.2, 0.25) is 0 Å². The van der Waals surface area contributed by atoms with Gasteiger partial charge in [0.2, 0.25) is 0 Å². The number of rotatable bonds is 1. The Balaban J connectivity index is 2.71. The zero-order valence-corrected chi connectivity index (χ0v) is 10.9. The first-order chi connectivity index (χ1) is 6.25. The molecule has 0 aromatic carbocycles. The minimum absolute atomic E-state index is 0.413. The van der Waals surface area contributed by atoms with Crippen molar-refractivity contribution in [1.29, 1.82) is 0 Å². The van der Waals surface area contributed by atoms with Gasteiger partial charge in [0.15, 0.2) is 0 Å². The first-order valence-electron chi connectivity index (χ1n) is 5.93. The number of piperidine rings is 1. The van der Waals surface area contributed by atoms with Crippen molar-refractivity contribution in [2.45, 2.75) is 47.5 Å². The van der Waals surface area contributed by atoms with Gasteiger partial charge in [0.05, 0.1) is 0 Å². The maximum atomic E-state index is 2.49. The van der Waals surface area contributed by atoms with E-state index in [1.165, 1.54) is 25.9 Å². The summed E-state index contributed by atoms with van der Waals surface area (Å²) in [5, 5.41) is 0. The topological polar surface area (TPSA) is 3.24 Å². The minimum Gasteiger partial charge on any atom is -0.306 e. The Morgan fingerprint density at radius 1 is 1.07 bits per heavy atom. The molecule has 0 radical (unpaired) electrons. The molecule has 0 N–H and O–H groups in total. The molecule has 1 heterocycles. The van der Waals surface area contributed by atoms with Crippen LogP contribution in [0.25, 0.3) is 0 Å². The van der Waals surface area contributed by atoms with E-state index in [1.807, 2.05) is 0 Å². The summed E-state index contributed by atoms with van der Waals surface area (Å²) in [6, 6.07) is 0. The van der Waals surface area contributed by atoms with Crippen molar-refractivity contribution in [2.24, 2.45) is 16.7 Å². The fourth-order valence-electron chi connectivity index (χ4n) is 2.37. The van der Waals surface area contributed by atoms with Crippen molar-refractivity contribution in [3.63, 3.8) is 0 Å². The van der Waals surface area contributed by atoms with Gasteiger partial charge in [-0.15, -0.1) is 0 Å². The molecule has 1 atom stereocenters. The van der Waals surface area contributed by atoms with Gasteiger partial charge in [0, 0.05) is 6.54 Å². The molecule has 84 valence electrons. The fraction of sp³-hybridized carbons (Fsp3) is 1.00. The van der Waals surface area contributed by atoms with E-state index < -0.39 is 0 Å². The predicted molar refractivity (Wildman–Crippen MR) is 63.5 cm³/mol. The van der Waals surface area contributed by atoms with Gasteiger partial charge < -0.3 is 4.90 Å². The Labute approximate surface area is 89.9 Å². The van der Waals surface area contributed by atoms with Crippen LogP contribution in [0, 0.1) is 16.7 Å². The standard InChI is InChI=1S/C13H27N/c1-12(2,3)13(4,5)11-8-7-9-14(6)10-11/h11H,7-10H2,1-6H3. The zero-order valence-electron chi connectivity index (χ0n) is 10.9. The largest absolute Gasteiger partial charge is 0.306 e. The van der Waals surface area contributed by atoms with Gasteiger partial charge in [0.1, 0.15) is 0 Å². The van der Waals surface area contributed by atoms with Crippen LogP contribution in [-0.4, -0.2) is 25.0 Å². The van der Waals surface area contributed by atoms with Gasteiger partial charge in [-0.1, -0.05) is 34.6 Å². The van der Waals surface area contributed by atoms with Crippen LogP contribution in [0.5, 0.6) is 0 Å². The predicted octanol–water partition coefficient (Wildman–Crippen LogP) is 3.40. The molecule has 1 nitrogen and oxygen atoms in total. The normalized spacial score (nSPS) is 26.6. The molecular weight excluding hydrogens is 170 g/mol. The van der Waals surface area contributed by atoms with E-state index in [2.05, 4.69) is 46.6 Å². The number of likely N-dealkylation sites (tertiary alicyclic amines) is 1. The summed E-state index contributed by atoms with van der Waals surface area (Å²) in [7, 11) is 2.25. The summed E-state index contributed by atoms with van der Waals surface area (Å²) in [6.45, 7) is 14.6. The highest BCUT2D eigenvalue weighted by atomic mass is 15.1. The van der Waals surface area contributed by atoms with E-state index in [1.54, 1.807) is 0 Å². The van der Waals surface area contributed by atoms with Crippen molar-refractivity contribution in [1.82, 2.24) is 4.90 Å². The van der Waals surface area contributed by atoms with Gasteiger partial charge in [-0.2, -0.15) is 0 Å². The first-order valence-corrected chi connectivity index (χ1v) is 5.93. The Kier molecular flexibility index (Phi) is 3.30. The number of nitrogens with zero attached hydrogens (tertiary/aromatic N) is 1. The van der Waals surface area contributed by atoms with Crippen LogP contribution in [-0.2, 0) is 0 Å². The second kappa shape index (κ2) is 3.84. The Morgan fingerprint density at radius 2 is 1.64 bits per heavy atom. The molecule has 14 heavy (non-hydrogen) atoms. The van der Waals surface area contributed by atoms with Gasteiger partial charge in [-0.3, -0.25) is 0 Å². The van der Waals surface area contributed by atoms with E-state index in [-0.39, 0.29) is 0 Å². The molecule has 1 fully saturated rings. The SMILES string of the molecule is CN1CCCC(C(C)(C)C(C)(C)C)C1. The third kappa shape index (κ3) is 2.31. The molecule has 0 aromatic rings. The number of hydrogen-bond acceptors (Lipinski definition) is 1. The zero-order chi connectivity index (χ0) is 11.0. The molecule has 0 spiro atoms. The maximum absolute atomic E-state index is 2.49. The summed E-state index contributed by atoms with van der Waals surface area (Å²) in [4.78, 5) is 2.49. The molecule has 0 amide bonds. The van der Waals surface area contributed by atoms with Crippen LogP contribution in [0.3, 0.4) is 0 Å². The third-order valence-electron chi connectivity index (χ3n) is 4.58. The maximum Gasteiger partial charge on any atom is 0.00119 e. The van der Waals surface area contributed by atoms with Crippen LogP contribution < -0.4 is 0 Å². The van der Waals surface area contributed by atoms with Crippen LogP contribution in [0.4, 0.5) is 0 Å². The van der Waals surface area contributed by atoms with E-state index in [0.29, 0.717) is 10.8 Å². The van der Waals surface area contributed by atoms with Crippen LogP contribution in [0.1, 0.15) is 47.5 Å². The summed E-state index contributed by atoms with van der Waals surface area (Å²) in [5.74, 6) is 0.862. The molecule has 1 aliphatic heterocycles. The lowest BCUT2D eigenvalue weighted by Crippen LogP contribution is -2.45. The molecule has 1 unspecified atom stereocenters. The lowest BCUT2D eigenvalue weighted by atomic mass is 9.60. The molecule has 0 aromatic heterocycles. The third-order valence-corrected chi connectivity index (χ3v) is 4.58. The van der Waals surface area contributed by atoms with Gasteiger partial charge in [-0.05, 0) is 43.2 Å². The van der Waals surface area contributed by atoms with E-state index >= 15 is 0 Å². The summed E-state index contributed by atoms with van der Waals surface area (Å²) < 4.78 is 0. The molecule has 1 heteroatoms. The highest BCUT2D eigenvalue weighted by molar-refractivity contribution is 4.91. The van der Waals surface area contributed by atoms with Gasteiger partial charge >= 0.3 is 0 Å². The highest BCUT2D eigenvalue weighted by Crippen LogP contribution is 2.46. The van der Waals surface area contributed by atoms with Gasteiger partial charge in [0.25, 0.3) is 0 Å². The Bertz CT molecular complexity index is 188.